The van der Waals surface area contributed by atoms with Crippen LogP contribution in [0.3, 0.4) is 0 Å². The Morgan fingerprint density at radius 2 is 1.77 bits per heavy atom. The van der Waals surface area contributed by atoms with Gasteiger partial charge in [0.05, 0.1) is 12.1 Å². The molecule has 6 heteroatoms. The molecular weight excluding hydrogens is 354 g/mol. The highest BCUT2D eigenvalue weighted by Gasteiger charge is 2.21. The van der Waals surface area contributed by atoms with Gasteiger partial charge in [-0.25, -0.2) is 8.78 Å². The quantitative estimate of drug-likeness (QED) is 0.657. The van der Waals surface area contributed by atoms with Crippen LogP contribution in [0.4, 0.5) is 14.5 Å². The summed E-state index contributed by atoms with van der Waals surface area (Å²) in [5.74, 6) is -0.999. The van der Waals surface area contributed by atoms with Crippen molar-refractivity contribution in [2.45, 2.75) is 19.0 Å². The molecule has 0 radical (unpaired) electrons. The molecule has 1 amide bonds. The average molecular weight is 372 g/mol. The van der Waals surface area contributed by atoms with E-state index >= 15 is 0 Å². The van der Waals surface area contributed by atoms with Gasteiger partial charge in [0.15, 0.2) is 0 Å². The minimum Gasteiger partial charge on any atom is -0.325 e. The molecule has 134 valence electrons. The van der Waals surface area contributed by atoms with Crippen molar-refractivity contribution in [2.75, 3.05) is 5.32 Å². The van der Waals surface area contributed by atoms with Gasteiger partial charge in [0.2, 0.25) is 5.91 Å². The zero-order valence-electron chi connectivity index (χ0n) is 14.1. The molecule has 1 heterocycles. The number of carbonyl (C=O) groups is 1. The lowest BCUT2D eigenvalue weighted by molar-refractivity contribution is -0.117. The number of nitrogens with one attached hydrogen (secondary N) is 2. The first-order valence-corrected chi connectivity index (χ1v) is 9.02. The van der Waals surface area contributed by atoms with E-state index in [0.29, 0.717) is 5.69 Å². The van der Waals surface area contributed by atoms with E-state index in [4.69, 9.17) is 0 Å². The molecule has 0 aliphatic heterocycles. The van der Waals surface area contributed by atoms with Gasteiger partial charge < -0.3 is 5.32 Å². The monoisotopic (exact) mass is 372 g/mol. The molecule has 0 spiro atoms. The lowest BCUT2D eigenvalue weighted by Crippen LogP contribution is -2.40. The molecule has 2 atom stereocenters. The summed E-state index contributed by atoms with van der Waals surface area (Å²) in [6.45, 7) is 1.73. The zero-order chi connectivity index (χ0) is 18.5. The van der Waals surface area contributed by atoms with Crippen LogP contribution in [0.5, 0.6) is 0 Å². The summed E-state index contributed by atoms with van der Waals surface area (Å²) >= 11 is 1.55. The Labute approximate surface area is 154 Å². The Kier molecular flexibility index (Phi) is 5.75. The van der Waals surface area contributed by atoms with E-state index in [9.17, 15) is 13.6 Å². The molecule has 3 aromatic rings. The number of carbonyl (C=O) groups excluding carboxylic acids is 1. The summed E-state index contributed by atoms with van der Waals surface area (Å²) in [6, 6.07) is 15.0. The minimum atomic E-state index is -0.546. The Morgan fingerprint density at radius 1 is 1.00 bits per heavy atom. The highest BCUT2D eigenvalue weighted by Crippen LogP contribution is 2.27. The van der Waals surface area contributed by atoms with E-state index in [1.165, 1.54) is 30.3 Å². The largest absolute Gasteiger partial charge is 0.325 e. The van der Waals surface area contributed by atoms with E-state index in [0.717, 1.165) is 10.4 Å². The number of amides is 1. The summed E-state index contributed by atoms with van der Waals surface area (Å²) in [5, 5.41) is 7.92. The zero-order valence-corrected chi connectivity index (χ0v) is 14.9. The molecule has 0 fully saturated rings. The van der Waals surface area contributed by atoms with Gasteiger partial charge in [0.1, 0.15) is 11.6 Å². The molecule has 0 aliphatic rings. The van der Waals surface area contributed by atoms with E-state index in [2.05, 4.69) is 10.6 Å². The second-order valence-corrected chi connectivity index (χ2v) is 6.87. The van der Waals surface area contributed by atoms with Gasteiger partial charge in [-0.2, -0.15) is 0 Å². The second kappa shape index (κ2) is 8.21. The molecule has 3 rings (SSSR count). The third-order valence-corrected chi connectivity index (χ3v) is 4.87. The number of hydrogen-bond donors (Lipinski definition) is 2. The normalized spacial score (nSPS) is 13.2. The lowest BCUT2D eigenvalue weighted by atomic mass is 10.0. The summed E-state index contributed by atoms with van der Waals surface area (Å²) in [6.07, 6.45) is 0. The van der Waals surface area contributed by atoms with Crippen molar-refractivity contribution < 1.29 is 13.6 Å². The average Bonchev–Trinajstić information content (AvgIpc) is 3.14. The van der Waals surface area contributed by atoms with Gasteiger partial charge in [0.25, 0.3) is 0 Å². The standard InChI is InChI=1S/C20H18F2N2OS/c1-13(20(25)24-17-5-2-4-16(22)12-17)23-19(18-6-3-11-26-18)14-7-9-15(21)10-8-14/h2-13,19,23H,1H3,(H,24,25)/t13-,19+/m0/s1. The van der Waals surface area contributed by atoms with Gasteiger partial charge in [-0.3, -0.25) is 10.1 Å². The Morgan fingerprint density at radius 3 is 2.42 bits per heavy atom. The summed E-state index contributed by atoms with van der Waals surface area (Å²) in [4.78, 5) is 13.5. The Hall–Kier alpha value is -2.57. The highest BCUT2D eigenvalue weighted by atomic mass is 32.1. The smallest absolute Gasteiger partial charge is 0.241 e. The van der Waals surface area contributed by atoms with Crippen molar-refractivity contribution in [3.05, 3.63) is 88.1 Å². The molecule has 3 nitrogen and oxygen atoms in total. The summed E-state index contributed by atoms with van der Waals surface area (Å²) in [7, 11) is 0. The number of anilines is 1. The minimum absolute atomic E-state index is 0.246. The highest BCUT2D eigenvalue weighted by molar-refractivity contribution is 7.10. The molecule has 0 aliphatic carbocycles. The van der Waals surface area contributed by atoms with Gasteiger partial charge >= 0.3 is 0 Å². The Balaban J connectivity index is 1.75. The molecular formula is C20H18F2N2OS. The molecule has 0 saturated carbocycles. The van der Waals surface area contributed by atoms with E-state index in [1.807, 2.05) is 17.5 Å². The number of thiophene rings is 1. The summed E-state index contributed by atoms with van der Waals surface area (Å²) in [5.41, 5.74) is 1.26. The van der Waals surface area contributed by atoms with Crippen molar-refractivity contribution >= 4 is 22.9 Å². The van der Waals surface area contributed by atoms with Crippen molar-refractivity contribution in [1.29, 1.82) is 0 Å². The van der Waals surface area contributed by atoms with Gasteiger partial charge in [-0.1, -0.05) is 24.3 Å². The van der Waals surface area contributed by atoms with Crippen LogP contribution in [0.25, 0.3) is 0 Å². The fourth-order valence-corrected chi connectivity index (χ4v) is 3.41. The molecule has 0 unspecified atom stereocenters. The second-order valence-electron chi connectivity index (χ2n) is 5.89. The topological polar surface area (TPSA) is 41.1 Å². The maximum absolute atomic E-state index is 13.3. The van der Waals surface area contributed by atoms with Crippen LogP contribution in [-0.4, -0.2) is 11.9 Å². The third kappa shape index (κ3) is 4.53. The first-order chi connectivity index (χ1) is 12.5. The van der Waals surface area contributed by atoms with E-state index in [-0.39, 0.29) is 17.8 Å². The van der Waals surface area contributed by atoms with Crippen molar-refractivity contribution in [2.24, 2.45) is 0 Å². The Bertz CT molecular complexity index is 866. The van der Waals surface area contributed by atoms with E-state index in [1.54, 1.807) is 36.5 Å². The number of halogens is 2. The first kappa shape index (κ1) is 18.2. The fourth-order valence-electron chi connectivity index (χ4n) is 2.60. The predicted molar refractivity (Wildman–Crippen MR) is 100 cm³/mol. The van der Waals surface area contributed by atoms with E-state index < -0.39 is 11.9 Å². The van der Waals surface area contributed by atoms with Crippen LogP contribution in [0.15, 0.2) is 66.0 Å². The van der Waals surface area contributed by atoms with Crippen molar-refractivity contribution in [3.8, 4) is 0 Å². The molecule has 0 saturated heterocycles. The van der Waals surface area contributed by atoms with Crippen LogP contribution in [0.1, 0.15) is 23.4 Å². The first-order valence-electron chi connectivity index (χ1n) is 8.14. The molecule has 2 N–H and O–H groups in total. The lowest BCUT2D eigenvalue weighted by Gasteiger charge is -2.22. The molecule has 1 aromatic heterocycles. The van der Waals surface area contributed by atoms with Crippen LogP contribution in [0, 0.1) is 11.6 Å². The van der Waals surface area contributed by atoms with Gasteiger partial charge in [-0.05, 0) is 54.3 Å². The van der Waals surface area contributed by atoms with Gasteiger partial charge in [0, 0.05) is 10.6 Å². The van der Waals surface area contributed by atoms with Crippen LogP contribution in [-0.2, 0) is 4.79 Å². The molecule has 26 heavy (non-hydrogen) atoms. The maximum Gasteiger partial charge on any atom is 0.241 e. The van der Waals surface area contributed by atoms with Crippen molar-refractivity contribution in [1.82, 2.24) is 5.32 Å². The number of hydrogen-bond acceptors (Lipinski definition) is 3. The fraction of sp³-hybridized carbons (Fsp3) is 0.150. The maximum atomic E-state index is 13.3. The number of rotatable bonds is 6. The predicted octanol–water partition coefficient (Wildman–Crippen LogP) is 4.73. The van der Waals surface area contributed by atoms with Crippen molar-refractivity contribution in [3.63, 3.8) is 0 Å². The van der Waals surface area contributed by atoms with Crippen LogP contribution >= 0.6 is 11.3 Å². The number of benzene rings is 2. The van der Waals surface area contributed by atoms with Gasteiger partial charge in [-0.15, -0.1) is 11.3 Å². The summed E-state index contributed by atoms with van der Waals surface area (Å²) < 4.78 is 26.5. The molecule has 0 bridgehead atoms. The molecule has 2 aromatic carbocycles. The van der Waals surface area contributed by atoms with Crippen LogP contribution in [0.2, 0.25) is 0 Å². The van der Waals surface area contributed by atoms with Crippen LogP contribution < -0.4 is 10.6 Å². The third-order valence-electron chi connectivity index (χ3n) is 3.93. The SMILES string of the molecule is C[C@H](N[C@H](c1ccc(F)cc1)c1cccs1)C(=O)Nc1cccc(F)c1.